The molecule has 0 radical (unpaired) electrons. The summed E-state index contributed by atoms with van der Waals surface area (Å²) in [6, 6.07) is 15.2. The number of halogens is 2. The number of amidine groups is 1. The summed E-state index contributed by atoms with van der Waals surface area (Å²) in [5, 5.41) is 3.35. The monoisotopic (exact) mass is 473 g/mol. The lowest BCUT2D eigenvalue weighted by Crippen LogP contribution is -2.26. The molecule has 158 valence electrons. The molecule has 7 nitrogen and oxygen atoms in total. The van der Waals surface area contributed by atoms with Crippen molar-refractivity contribution in [3.63, 3.8) is 0 Å². The van der Waals surface area contributed by atoms with Crippen LogP contribution in [0.4, 0.5) is 5.69 Å². The van der Waals surface area contributed by atoms with Gasteiger partial charge in [-0.2, -0.15) is 0 Å². The molecule has 10 heteroatoms. The lowest BCUT2D eigenvalue weighted by Gasteiger charge is -2.27. The quantitative estimate of drug-likeness (QED) is 0.570. The first-order valence-electron chi connectivity index (χ1n) is 9.14. The molecule has 0 spiro atoms. The molecule has 3 N–H and O–H groups in total. The predicted octanol–water partition coefficient (Wildman–Crippen LogP) is 4.35. The molecule has 2 aromatic carbocycles. The van der Waals surface area contributed by atoms with Crippen LogP contribution < -0.4 is 15.8 Å². The van der Waals surface area contributed by atoms with Gasteiger partial charge in [-0.1, -0.05) is 59.2 Å². The number of ether oxygens (including phenoxy) is 1. The zero-order valence-electron chi connectivity index (χ0n) is 16.3. The number of thioether (sulfide) groups is 1. The van der Waals surface area contributed by atoms with Gasteiger partial charge in [-0.3, -0.25) is 4.79 Å². The van der Waals surface area contributed by atoms with Crippen LogP contribution in [0.25, 0.3) is 0 Å². The maximum atomic E-state index is 12.6. The van der Waals surface area contributed by atoms with Gasteiger partial charge in [-0.25, -0.2) is 15.0 Å². The van der Waals surface area contributed by atoms with Crippen molar-refractivity contribution in [2.24, 2.45) is 10.7 Å². The summed E-state index contributed by atoms with van der Waals surface area (Å²) >= 11 is 13.2. The molecule has 3 aromatic rings. The highest BCUT2D eigenvalue weighted by Crippen LogP contribution is 2.42. The number of nitrogens with one attached hydrogen (secondary N) is 1. The average molecular weight is 474 g/mol. The molecular formula is C21H17Cl2N5O2S. The van der Waals surface area contributed by atoms with Gasteiger partial charge in [-0.15, -0.1) is 0 Å². The van der Waals surface area contributed by atoms with Gasteiger partial charge in [0.2, 0.25) is 0 Å². The van der Waals surface area contributed by atoms with E-state index in [4.69, 9.17) is 38.7 Å². The van der Waals surface area contributed by atoms with Crippen molar-refractivity contribution >= 4 is 51.7 Å². The number of anilines is 1. The van der Waals surface area contributed by atoms with E-state index in [0.29, 0.717) is 16.6 Å². The summed E-state index contributed by atoms with van der Waals surface area (Å²) in [4.78, 5) is 25.2. The van der Waals surface area contributed by atoms with Gasteiger partial charge in [0.25, 0.3) is 5.91 Å². The predicted molar refractivity (Wildman–Crippen MR) is 124 cm³/mol. The zero-order valence-corrected chi connectivity index (χ0v) is 18.6. The van der Waals surface area contributed by atoms with Crippen LogP contribution in [0.5, 0.6) is 5.75 Å². The molecule has 0 aliphatic carbocycles. The van der Waals surface area contributed by atoms with Crippen LogP contribution in [0.3, 0.4) is 0 Å². The molecular weight excluding hydrogens is 457 g/mol. The number of nitrogens with zero attached hydrogens (tertiary/aromatic N) is 3. The van der Waals surface area contributed by atoms with Crippen molar-refractivity contribution in [2.75, 3.05) is 18.2 Å². The lowest BCUT2D eigenvalue weighted by atomic mass is 9.85. The van der Waals surface area contributed by atoms with Gasteiger partial charge in [0.15, 0.2) is 16.0 Å². The Morgan fingerprint density at radius 3 is 2.61 bits per heavy atom. The normalized spacial score (nSPS) is 17.8. The van der Waals surface area contributed by atoms with E-state index in [0.717, 1.165) is 16.9 Å². The van der Waals surface area contributed by atoms with E-state index in [-0.39, 0.29) is 16.0 Å². The Labute approximate surface area is 193 Å². The van der Waals surface area contributed by atoms with E-state index in [9.17, 15) is 4.79 Å². The van der Waals surface area contributed by atoms with Gasteiger partial charge < -0.3 is 15.8 Å². The maximum absolute atomic E-state index is 12.6. The lowest BCUT2D eigenvalue weighted by molar-refractivity contribution is 0.102. The average Bonchev–Trinajstić information content (AvgIpc) is 3.17. The van der Waals surface area contributed by atoms with Crippen LogP contribution in [0.1, 0.15) is 21.6 Å². The molecule has 2 heterocycles. The van der Waals surface area contributed by atoms with Gasteiger partial charge in [-0.05, 0) is 35.4 Å². The first kappa shape index (κ1) is 21.4. The number of nitrogens with two attached hydrogens (primary N) is 1. The number of rotatable bonds is 5. The highest BCUT2D eigenvalue weighted by atomic mass is 35.5. The van der Waals surface area contributed by atoms with Gasteiger partial charge in [0, 0.05) is 11.4 Å². The second-order valence-electron chi connectivity index (χ2n) is 6.69. The molecule has 0 saturated heterocycles. The van der Waals surface area contributed by atoms with E-state index in [1.54, 1.807) is 13.2 Å². The Kier molecular flexibility index (Phi) is 6.04. The Bertz CT molecular complexity index is 1170. The number of carbonyl (C=O) groups is 1. The highest BCUT2D eigenvalue weighted by Gasteiger charge is 2.39. The largest absolute Gasteiger partial charge is 0.497 e. The first-order chi connectivity index (χ1) is 14.9. The van der Waals surface area contributed by atoms with Crippen molar-refractivity contribution in [1.29, 1.82) is 0 Å². The van der Waals surface area contributed by atoms with Crippen molar-refractivity contribution in [1.82, 2.24) is 9.97 Å². The third kappa shape index (κ3) is 4.32. The second-order valence-corrected chi connectivity index (χ2v) is 8.44. The maximum Gasteiger partial charge on any atom is 0.277 e. The van der Waals surface area contributed by atoms with Crippen molar-refractivity contribution < 1.29 is 9.53 Å². The standard InChI is InChI=1S/C21H17Cl2N5O2S/c1-30-15-7-5-12(6-8-15)21(11-31-20(24)28-21)13-3-2-4-14(9-13)26-19(29)17-18(23)27-16(22)10-25-17/h2-10H,11H2,1H3,(H2,24,28)(H,26,29). The summed E-state index contributed by atoms with van der Waals surface area (Å²) < 4.78 is 5.27. The third-order valence-corrected chi connectivity index (χ3v) is 6.21. The Morgan fingerprint density at radius 1 is 1.19 bits per heavy atom. The molecule has 1 aliphatic rings. The Balaban J connectivity index is 1.68. The molecule has 4 rings (SSSR count). The minimum absolute atomic E-state index is 0.0139. The number of aliphatic imine (C=N–C) groups is 1. The fourth-order valence-corrected chi connectivity index (χ4v) is 4.68. The van der Waals surface area contributed by atoms with E-state index >= 15 is 0 Å². The first-order valence-corrected chi connectivity index (χ1v) is 10.9. The van der Waals surface area contributed by atoms with Crippen molar-refractivity contribution in [3.05, 3.63) is 81.9 Å². The molecule has 31 heavy (non-hydrogen) atoms. The van der Waals surface area contributed by atoms with Crippen molar-refractivity contribution in [2.45, 2.75) is 5.54 Å². The number of methoxy groups -OCH3 is 1. The van der Waals surface area contributed by atoms with Crippen LogP contribution in [0.15, 0.2) is 59.7 Å². The van der Waals surface area contributed by atoms with Crippen LogP contribution in [0.2, 0.25) is 10.3 Å². The Morgan fingerprint density at radius 2 is 1.97 bits per heavy atom. The SMILES string of the molecule is COc1ccc(C2(c3cccc(NC(=O)c4ncc(Cl)nc4Cl)c3)CSC(N)=N2)cc1. The van der Waals surface area contributed by atoms with E-state index in [2.05, 4.69) is 15.3 Å². The Hall–Kier alpha value is -2.81. The van der Waals surface area contributed by atoms with E-state index in [1.807, 2.05) is 42.5 Å². The smallest absolute Gasteiger partial charge is 0.277 e. The van der Waals surface area contributed by atoms with Gasteiger partial charge in [0.1, 0.15) is 16.4 Å². The minimum Gasteiger partial charge on any atom is -0.497 e. The number of carbonyl (C=O) groups excluding carboxylic acids is 1. The molecule has 0 fully saturated rings. The molecule has 1 unspecified atom stereocenters. The summed E-state index contributed by atoms with van der Waals surface area (Å²) in [5.41, 5.74) is 7.77. The zero-order chi connectivity index (χ0) is 22.0. The molecule has 1 atom stereocenters. The number of benzene rings is 2. The number of amides is 1. The van der Waals surface area contributed by atoms with Gasteiger partial charge >= 0.3 is 0 Å². The molecule has 1 amide bonds. The van der Waals surface area contributed by atoms with Crippen LogP contribution in [-0.4, -0.2) is 33.9 Å². The summed E-state index contributed by atoms with van der Waals surface area (Å²) in [6.45, 7) is 0. The third-order valence-electron chi connectivity index (χ3n) is 4.81. The molecule has 0 saturated carbocycles. The summed E-state index contributed by atoms with van der Waals surface area (Å²) in [6.07, 6.45) is 1.27. The van der Waals surface area contributed by atoms with E-state index < -0.39 is 11.4 Å². The second kappa shape index (κ2) is 8.74. The minimum atomic E-state index is -0.681. The van der Waals surface area contributed by atoms with Crippen LogP contribution in [0, 0.1) is 0 Å². The van der Waals surface area contributed by atoms with Gasteiger partial charge in [0.05, 0.1) is 13.3 Å². The number of hydrogen-bond donors (Lipinski definition) is 2. The number of hydrogen-bond acceptors (Lipinski definition) is 7. The summed E-state index contributed by atoms with van der Waals surface area (Å²) in [5.74, 6) is 0.897. The fraction of sp³-hybridized carbons (Fsp3) is 0.143. The topological polar surface area (TPSA) is 102 Å². The summed E-state index contributed by atoms with van der Waals surface area (Å²) in [7, 11) is 1.62. The molecule has 1 aromatic heterocycles. The highest BCUT2D eigenvalue weighted by molar-refractivity contribution is 8.14. The number of aromatic nitrogens is 2. The molecule has 0 bridgehead atoms. The van der Waals surface area contributed by atoms with Crippen molar-refractivity contribution in [3.8, 4) is 5.75 Å². The fourth-order valence-electron chi connectivity index (χ4n) is 3.30. The van der Waals surface area contributed by atoms with Crippen LogP contribution in [-0.2, 0) is 5.54 Å². The van der Waals surface area contributed by atoms with E-state index in [1.165, 1.54) is 18.0 Å². The molecule has 1 aliphatic heterocycles. The van der Waals surface area contributed by atoms with Crippen LogP contribution >= 0.6 is 35.0 Å².